The fourth-order valence-corrected chi connectivity index (χ4v) is 1.34. The third kappa shape index (κ3) is 2.86. The summed E-state index contributed by atoms with van der Waals surface area (Å²) in [6.07, 6.45) is 0. The molecule has 0 aliphatic heterocycles. The van der Waals surface area contributed by atoms with E-state index in [1.54, 1.807) is 25.2 Å². The third-order valence-electron chi connectivity index (χ3n) is 1.89. The molecule has 1 rings (SSSR count). The highest BCUT2D eigenvalue weighted by Gasteiger charge is 2.07. The lowest BCUT2D eigenvalue weighted by molar-refractivity contribution is -0.135. The van der Waals surface area contributed by atoms with E-state index < -0.39 is 5.97 Å². The SMILES string of the molecule is CN(CC(=O)O)c1ccc(C#N)c(Cl)c1. The molecule has 0 saturated carbocycles. The molecule has 0 heterocycles. The standard InChI is InChI=1S/C10H9ClN2O2/c1-13(6-10(14)15)8-3-2-7(5-12)9(11)4-8/h2-4H,6H2,1H3,(H,14,15). The fourth-order valence-electron chi connectivity index (χ4n) is 1.13. The van der Waals surface area contributed by atoms with Gasteiger partial charge in [-0.15, -0.1) is 0 Å². The van der Waals surface area contributed by atoms with Crippen LogP contribution in [0.15, 0.2) is 18.2 Å². The number of nitrogens with zero attached hydrogens (tertiary/aromatic N) is 2. The summed E-state index contributed by atoms with van der Waals surface area (Å²) >= 11 is 5.81. The Hall–Kier alpha value is -1.73. The molecule has 0 aromatic heterocycles. The van der Waals surface area contributed by atoms with E-state index >= 15 is 0 Å². The van der Waals surface area contributed by atoms with Gasteiger partial charge in [0.15, 0.2) is 0 Å². The number of likely N-dealkylation sites (N-methyl/N-ethyl adjacent to an activating group) is 1. The maximum absolute atomic E-state index is 10.5. The van der Waals surface area contributed by atoms with E-state index in [0.717, 1.165) is 0 Å². The summed E-state index contributed by atoms with van der Waals surface area (Å²) in [4.78, 5) is 12.0. The van der Waals surface area contributed by atoms with Crippen LogP contribution in [0.3, 0.4) is 0 Å². The predicted octanol–water partition coefficient (Wildman–Crippen LogP) is 1.73. The number of rotatable bonds is 3. The van der Waals surface area contributed by atoms with Gasteiger partial charge in [-0.1, -0.05) is 11.6 Å². The number of benzene rings is 1. The molecule has 0 spiro atoms. The summed E-state index contributed by atoms with van der Waals surface area (Å²) in [6, 6.07) is 6.73. The number of carboxylic acids is 1. The van der Waals surface area contributed by atoms with Crippen LogP contribution in [-0.2, 0) is 4.79 Å². The minimum atomic E-state index is -0.919. The predicted molar refractivity (Wildman–Crippen MR) is 57.1 cm³/mol. The van der Waals surface area contributed by atoms with Crippen molar-refractivity contribution >= 4 is 23.3 Å². The number of anilines is 1. The zero-order chi connectivity index (χ0) is 11.4. The van der Waals surface area contributed by atoms with Crippen molar-refractivity contribution in [3.63, 3.8) is 0 Å². The topological polar surface area (TPSA) is 64.3 Å². The molecule has 0 radical (unpaired) electrons. The van der Waals surface area contributed by atoms with Crippen molar-refractivity contribution in [2.75, 3.05) is 18.5 Å². The first-order chi connectivity index (χ1) is 7.04. The van der Waals surface area contributed by atoms with Gasteiger partial charge in [0.25, 0.3) is 0 Å². The highest BCUT2D eigenvalue weighted by Crippen LogP contribution is 2.22. The van der Waals surface area contributed by atoms with E-state index in [1.165, 1.54) is 4.90 Å². The first-order valence-corrected chi connectivity index (χ1v) is 4.55. The van der Waals surface area contributed by atoms with Gasteiger partial charge in [0.2, 0.25) is 0 Å². The average molecular weight is 225 g/mol. The van der Waals surface area contributed by atoms with Crippen LogP contribution in [0, 0.1) is 11.3 Å². The zero-order valence-electron chi connectivity index (χ0n) is 8.07. The molecule has 78 valence electrons. The molecule has 1 N–H and O–H groups in total. The van der Waals surface area contributed by atoms with Crippen molar-refractivity contribution in [1.29, 1.82) is 5.26 Å². The molecule has 1 aromatic carbocycles. The minimum absolute atomic E-state index is 0.109. The smallest absolute Gasteiger partial charge is 0.323 e. The molecule has 0 unspecified atom stereocenters. The number of nitriles is 1. The summed E-state index contributed by atoms with van der Waals surface area (Å²) in [5, 5.41) is 17.6. The average Bonchev–Trinajstić information content (AvgIpc) is 2.16. The molecule has 4 nitrogen and oxygen atoms in total. The van der Waals surface area contributed by atoms with Gasteiger partial charge >= 0.3 is 5.97 Å². The lowest BCUT2D eigenvalue weighted by Crippen LogP contribution is -2.24. The van der Waals surface area contributed by atoms with Crippen LogP contribution >= 0.6 is 11.6 Å². The van der Waals surface area contributed by atoms with E-state index in [-0.39, 0.29) is 6.54 Å². The first kappa shape index (κ1) is 11.3. The molecule has 0 aliphatic rings. The second-order valence-corrected chi connectivity index (χ2v) is 3.43. The Balaban J connectivity index is 2.93. The van der Waals surface area contributed by atoms with Gasteiger partial charge in [0.1, 0.15) is 12.6 Å². The largest absolute Gasteiger partial charge is 0.480 e. The van der Waals surface area contributed by atoms with Crippen LogP contribution in [0.2, 0.25) is 5.02 Å². The molecule has 0 amide bonds. The number of aliphatic carboxylic acids is 1. The lowest BCUT2D eigenvalue weighted by atomic mass is 10.2. The molecule has 15 heavy (non-hydrogen) atoms. The van der Waals surface area contributed by atoms with E-state index in [2.05, 4.69) is 0 Å². The van der Waals surface area contributed by atoms with Crippen molar-refractivity contribution in [3.8, 4) is 6.07 Å². The van der Waals surface area contributed by atoms with Gasteiger partial charge in [-0.3, -0.25) is 4.79 Å². The summed E-state index contributed by atoms with van der Waals surface area (Å²) in [6.45, 7) is -0.109. The Morgan fingerprint density at radius 3 is 2.80 bits per heavy atom. The zero-order valence-corrected chi connectivity index (χ0v) is 8.82. The minimum Gasteiger partial charge on any atom is -0.480 e. The molecule has 1 aromatic rings. The number of hydrogen-bond donors (Lipinski definition) is 1. The van der Waals surface area contributed by atoms with E-state index in [0.29, 0.717) is 16.3 Å². The van der Waals surface area contributed by atoms with Gasteiger partial charge in [-0.25, -0.2) is 0 Å². The van der Waals surface area contributed by atoms with Crippen molar-refractivity contribution in [2.24, 2.45) is 0 Å². The Kier molecular flexibility index (Phi) is 3.53. The van der Waals surface area contributed by atoms with Crippen molar-refractivity contribution in [1.82, 2.24) is 0 Å². The van der Waals surface area contributed by atoms with Gasteiger partial charge in [0.05, 0.1) is 10.6 Å². The summed E-state index contributed by atoms with van der Waals surface area (Å²) in [5.74, 6) is -0.919. The highest BCUT2D eigenvalue weighted by molar-refractivity contribution is 6.32. The Morgan fingerprint density at radius 1 is 1.67 bits per heavy atom. The molecule has 5 heteroatoms. The van der Waals surface area contributed by atoms with E-state index in [9.17, 15) is 4.79 Å². The monoisotopic (exact) mass is 224 g/mol. The third-order valence-corrected chi connectivity index (χ3v) is 2.20. The van der Waals surface area contributed by atoms with Crippen LogP contribution in [-0.4, -0.2) is 24.7 Å². The summed E-state index contributed by atoms with van der Waals surface area (Å²) in [5.41, 5.74) is 1.05. The highest BCUT2D eigenvalue weighted by atomic mass is 35.5. The molecule has 0 saturated heterocycles. The van der Waals surface area contributed by atoms with Gasteiger partial charge in [-0.05, 0) is 18.2 Å². The second kappa shape index (κ2) is 4.67. The van der Waals surface area contributed by atoms with Crippen molar-refractivity contribution in [2.45, 2.75) is 0 Å². The Morgan fingerprint density at radius 2 is 2.33 bits per heavy atom. The maximum atomic E-state index is 10.5. The van der Waals surface area contributed by atoms with Crippen molar-refractivity contribution in [3.05, 3.63) is 28.8 Å². The molecule has 0 aliphatic carbocycles. The van der Waals surface area contributed by atoms with E-state index in [1.807, 2.05) is 6.07 Å². The number of carbonyl (C=O) groups is 1. The quantitative estimate of drug-likeness (QED) is 0.849. The van der Waals surface area contributed by atoms with Crippen LogP contribution in [0.4, 0.5) is 5.69 Å². The molecular weight excluding hydrogens is 216 g/mol. The van der Waals surface area contributed by atoms with Gasteiger partial charge in [-0.2, -0.15) is 5.26 Å². The van der Waals surface area contributed by atoms with Gasteiger partial charge < -0.3 is 10.0 Å². The second-order valence-electron chi connectivity index (χ2n) is 3.03. The van der Waals surface area contributed by atoms with Crippen LogP contribution in [0.1, 0.15) is 5.56 Å². The fraction of sp³-hybridized carbons (Fsp3) is 0.200. The number of carboxylic acid groups (broad SMARTS) is 1. The van der Waals surface area contributed by atoms with Crippen LogP contribution < -0.4 is 4.90 Å². The Labute approximate surface area is 92.3 Å². The summed E-state index contributed by atoms with van der Waals surface area (Å²) in [7, 11) is 1.64. The number of halogens is 1. The normalized spacial score (nSPS) is 9.40. The first-order valence-electron chi connectivity index (χ1n) is 4.17. The maximum Gasteiger partial charge on any atom is 0.323 e. The molecule has 0 fully saturated rings. The van der Waals surface area contributed by atoms with Gasteiger partial charge in [0, 0.05) is 12.7 Å². The summed E-state index contributed by atoms with van der Waals surface area (Å²) < 4.78 is 0. The lowest BCUT2D eigenvalue weighted by Gasteiger charge is -2.16. The van der Waals surface area contributed by atoms with Crippen LogP contribution in [0.25, 0.3) is 0 Å². The molecule has 0 bridgehead atoms. The van der Waals surface area contributed by atoms with Crippen LogP contribution in [0.5, 0.6) is 0 Å². The molecule has 0 atom stereocenters. The van der Waals surface area contributed by atoms with E-state index in [4.69, 9.17) is 22.0 Å². The Bertz CT molecular complexity index is 426. The number of hydrogen-bond acceptors (Lipinski definition) is 3. The molecular formula is C10H9ClN2O2. The van der Waals surface area contributed by atoms with Crippen molar-refractivity contribution < 1.29 is 9.90 Å².